The molecule has 1 aliphatic heterocycles. The minimum atomic E-state index is -1.34. The maximum absolute atomic E-state index is 11.3. The number of aliphatic hydroxyl groups is 3. The van der Waals surface area contributed by atoms with Gasteiger partial charge in [-0.1, -0.05) is 0 Å². The molecule has 0 aromatic heterocycles. The molecule has 22 heavy (non-hydrogen) atoms. The summed E-state index contributed by atoms with van der Waals surface area (Å²) in [5, 5.41) is 31.7. The zero-order valence-corrected chi connectivity index (χ0v) is 12.0. The number of rotatable bonds is 4. The van der Waals surface area contributed by atoms with E-state index >= 15 is 0 Å². The largest absolute Gasteiger partial charge is 0.463 e. The summed E-state index contributed by atoms with van der Waals surface area (Å²) in [6.07, 6.45) is -4.76. The molecule has 0 bridgehead atoms. The molecule has 6 N–H and O–H groups in total. The molecule has 0 radical (unpaired) electrons. The van der Waals surface area contributed by atoms with E-state index in [4.69, 9.17) is 15.2 Å². The van der Waals surface area contributed by atoms with Gasteiger partial charge >= 0.3 is 0 Å². The Bertz CT molecular complexity index is 509. The van der Waals surface area contributed by atoms with Crippen molar-refractivity contribution in [2.24, 2.45) is 0 Å². The molecule has 0 unspecified atom stereocenters. The standard InChI is InChI=1S/C14H20N2O6/c1-7(18)16-11-13(20)12(19)10(6-17)22-14(11)21-9-4-2-8(15)3-5-9/h2-5,10-14,17,19-20H,6,15H2,1H3,(H,16,18)/t10-,11-,12+,13-,14-/m1/s1. The minimum absolute atomic E-state index is 0.409. The molecule has 1 aromatic carbocycles. The lowest BCUT2D eigenvalue weighted by Gasteiger charge is -2.42. The first-order chi connectivity index (χ1) is 10.4. The van der Waals surface area contributed by atoms with Crippen LogP contribution in [0, 0.1) is 0 Å². The number of amides is 1. The Morgan fingerprint density at radius 3 is 2.50 bits per heavy atom. The van der Waals surface area contributed by atoms with Gasteiger partial charge in [0.15, 0.2) is 0 Å². The first-order valence-electron chi connectivity index (χ1n) is 6.84. The second-order valence-corrected chi connectivity index (χ2v) is 5.12. The van der Waals surface area contributed by atoms with E-state index in [1.165, 1.54) is 6.92 Å². The average Bonchev–Trinajstić information content (AvgIpc) is 2.48. The van der Waals surface area contributed by atoms with Gasteiger partial charge in [0.2, 0.25) is 12.2 Å². The fraction of sp³-hybridized carbons (Fsp3) is 0.500. The summed E-state index contributed by atoms with van der Waals surface area (Å²) in [6, 6.07) is 5.48. The Morgan fingerprint density at radius 1 is 1.32 bits per heavy atom. The van der Waals surface area contributed by atoms with Gasteiger partial charge in [0.05, 0.1) is 6.61 Å². The van der Waals surface area contributed by atoms with E-state index in [1.807, 2.05) is 0 Å². The molecule has 1 fully saturated rings. The van der Waals surface area contributed by atoms with E-state index in [-0.39, 0.29) is 0 Å². The van der Waals surface area contributed by atoms with Crippen LogP contribution in [-0.4, -0.2) is 58.5 Å². The number of carbonyl (C=O) groups is 1. The predicted octanol–water partition coefficient (Wildman–Crippen LogP) is -1.41. The molecule has 122 valence electrons. The van der Waals surface area contributed by atoms with Crippen LogP contribution >= 0.6 is 0 Å². The third-order valence-electron chi connectivity index (χ3n) is 3.38. The molecule has 0 saturated carbocycles. The molecule has 5 atom stereocenters. The lowest BCUT2D eigenvalue weighted by molar-refractivity contribution is -0.244. The number of ether oxygens (including phenoxy) is 2. The third-order valence-corrected chi connectivity index (χ3v) is 3.38. The van der Waals surface area contributed by atoms with Crippen molar-refractivity contribution < 1.29 is 29.6 Å². The zero-order valence-electron chi connectivity index (χ0n) is 12.0. The number of carbonyl (C=O) groups excluding carboxylic acids is 1. The Hall–Kier alpha value is -1.87. The van der Waals surface area contributed by atoms with Gasteiger partial charge in [0.1, 0.15) is 30.1 Å². The van der Waals surface area contributed by atoms with Crippen LogP contribution in [0.15, 0.2) is 24.3 Å². The van der Waals surface area contributed by atoms with E-state index in [9.17, 15) is 20.1 Å². The quantitative estimate of drug-likeness (QED) is 0.431. The highest BCUT2D eigenvalue weighted by Gasteiger charge is 2.46. The lowest BCUT2D eigenvalue weighted by Crippen LogP contribution is -2.65. The number of nitrogen functional groups attached to an aromatic ring is 1. The smallest absolute Gasteiger partial charge is 0.223 e. The Balaban J connectivity index is 2.18. The third kappa shape index (κ3) is 3.66. The van der Waals surface area contributed by atoms with Crippen LogP contribution in [0.5, 0.6) is 5.75 Å². The summed E-state index contributed by atoms with van der Waals surface area (Å²) >= 11 is 0. The minimum Gasteiger partial charge on any atom is -0.463 e. The SMILES string of the molecule is CC(=O)N[C@H]1[C@H](Oc2ccc(N)cc2)O[C@H](CO)[C@H](O)[C@@H]1O. The molecule has 8 heteroatoms. The van der Waals surface area contributed by atoms with Gasteiger partial charge < -0.3 is 35.8 Å². The molecule has 1 saturated heterocycles. The van der Waals surface area contributed by atoms with Crippen molar-refractivity contribution in [3.63, 3.8) is 0 Å². The van der Waals surface area contributed by atoms with Crippen LogP contribution < -0.4 is 15.8 Å². The van der Waals surface area contributed by atoms with E-state index in [1.54, 1.807) is 24.3 Å². The van der Waals surface area contributed by atoms with Crippen molar-refractivity contribution in [2.75, 3.05) is 12.3 Å². The van der Waals surface area contributed by atoms with Gasteiger partial charge in [0.25, 0.3) is 0 Å². The van der Waals surface area contributed by atoms with E-state index in [2.05, 4.69) is 5.32 Å². The number of hydrogen-bond donors (Lipinski definition) is 5. The van der Waals surface area contributed by atoms with Crippen molar-refractivity contribution >= 4 is 11.6 Å². The highest BCUT2D eigenvalue weighted by atomic mass is 16.7. The van der Waals surface area contributed by atoms with Gasteiger partial charge in [-0.25, -0.2) is 0 Å². The first-order valence-corrected chi connectivity index (χ1v) is 6.84. The van der Waals surface area contributed by atoms with Gasteiger partial charge in [-0.3, -0.25) is 4.79 Å². The average molecular weight is 312 g/mol. The van der Waals surface area contributed by atoms with Crippen LogP contribution in [0.2, 0.25) is 0 Å². The van der Waals surface area contributed by atoms with Gasteiger partial charge in [-0.05, 0) is 24.3 Å². The maximum Gasteiger partial charge on any atom is 0.223 e. The number of hydrogen-bond acceptors (Lipinski definition) is 7. The first kappa shape index (κ1) is 16.5. The molecule has 0 spiro atoms. The molecule has 0 aliphatic carbocycles. The van der Waals surface area contributed by atoms with Crippen molar-refractivity contribution in [1.82, 2.24) is 5.32 Å². The molecule has 8 nitrogen and oxygen atoms in total. The fourth-order valence-corrected chi connectivity index (χ4v) is 2.25. The van der Waals surface area contributed by atoms with Crippen molar-refractivity contribution in [1.29, 1.82) is 0 Å². The Labute approximate surface area is 127 Å². The number of benzene rings is 1. The Kier molecular flexibility index (Phi) is 5.19. The number of aliphatic hydroxyl groups excluding tert-OH is 3. The number of nitrogens with one attached hydrogen (secondary N) is 1. The van der Waals surface area contributed by atoms with E-state index < -0.39 is 43.2 Å². The van der Waals surface area contributed by atoms with E-state index in [0.29, 0.717) is 11.4 Å². The molecular weight excluding hydrogens is 292 g/mol. The zero-order chi connectivity index (χ0) is 16.3. The van der Waals surface area contributed by atoms with Crippen LogP contribution in [0.1, 0.15) is 6.92 Å². The topological polar surface area (TPSA) is 134 Å². The summed E-state index contributed by atoms with van der Waals surface area (Å²) in [7, 11) is 0. The second-order valence-electron chi connectivity index (χ2n) is 5.12. The van der Waals surface area contributed by atoms with Crippen molar-refractivity contribution in [2.45, 2.75) is 37.6 Å². The molecule has 1 amide bonds. The highest BCUT2D eigenvalue weighted by Crippen LogP contribution is 2.24. The molecule has 1 heterocycles. The summed E-state index contributed by atoms with van der Waals surface area (Å²) in [4.78, 5) is 11.3. The van der Waals surface area contributed by atoms with Crippen molar-refractivity contribution in [3.8, 4) is 5.75 Å². The summed E-state index contributed by atoms with van der Waals surface area (Å²) in [6.45, 7) is 0.782. The molecule has 1 aliphatic rings. The predicted molar refractivity (Wildman–Crippen MR) is 76.8 cm³/mol. The normalized spacial score (nSPS) is 31.5. The summed E-state index contributed by atoms with van der Waals surface area (Å²) < 4.78 is 11.0. The summed E-state index contributed by atoms with van der Waals surface area (Å²) in [5.41, 5.74) is 6.14. The monoisotopic (exact) mass is 312 g/mol. The maximum atomic E-state index is 11.3. The number of anilines is 1. The van der Waals surface area contributed by atoms with Crippen LogP contribution in [0.25, 0.3) is 0 Å². The van der Waals surface area contributed by atoms with Crippen molar-refractivity contribution in [3.05, 3.63) is 24.3 Å². The fourth-order valence-electron chi connectivity index (χ4n) is 2.25. The highest BCUT2D eigenvalue weighted by molar-refractivity contribution is 5.73. The molecular formula is C14H20N2O6. The van der Waals surface area contributed by atoms with Crippen LogP contribution in [-0.2, 0) is 9.53 Å². The van der Waals surface area contributed by atoms with Crippen LogP contribution in [0.3, 0.4) is 0 Å². The van der Waals surface area contributed by atoms with Crippen LogP contribution in [0.4, 0.5) is 5.69 Å². The summed E-state index contributed by atoms with van der Waals surface area (Å²) in [5.74, 6) is 0.00281. The van der Waals surface area contributed by atoms with Gasteiger partial charge in [-0.2, -0.15) is 0 Å². The second kappa shape index (κ2) is 6.93. The van der Waals surface area contributed by atoms with Gasteiger partial charge in [0, 0.05) is 12.6 Å². The Morgan fingerprint density at radius 2 is 1.95 bits per heavy atom. The van der Waals surface area contributed by atoms with E-state index in [0.717, 1.165) is 0 Å². The molecule has 2 rings (SSSR count). The lowest BCUT2D eigenvalue weighted by atomic mass is 9.97. The van der Waals surface area contributed by atoms with Gasteiger partial charge in [-0.15, -0.1) is 0 Å². The molecule has 1 aromatic rings. The number of nitrogens with two attached hydrogens (primary N) is 1.